The van der Waals surface area contributed by atoms with Gasteiger partial charge in [0.15, 0.2) is 5.78 Å². The van der Waals surface area contributed by atoms with Crippen molar-refractivity contribution in [3.8, 4) is 0 Å². The van der Waals surface area contributed by atoms with Crippen molar-refractivity contribution in [2.75, 3.05) is 5.75 Å². The first-order chi connectivity index (χ1) is 18.9. The molecule has 0 N–H and O–H groups in total. The van der Waals surface area contributed by atoms with Gasteiger partial charge in [-0.3, -0.25) is 9.59 Å². The van der Waals surface area contributed by atoms with Crippen molar-refractivity contribution in [1.29, 1.82) is 0 Å². The molecule has 0 heterocycles. The summed E-state index contributed by atoms with van der Waals surface area (Å²) in [4.78, 5) is 44.8. The smallest absolute Gasteiger partial charge is 0.318 e. The summed E-state index contributed by atoms with van der Waals surface area (Å²) in [5.74, 6) is -0.334. The molecule has 0 aliphatic carbocycles. The first-order valence-electron chi connectivity index (χ1n) is 12.0. The number of hydrogen-bond donors (Lipinski definition) is 0. The zero-order valence-electron chi connectivity index (χ0n) is 21.0. The van der Waals surface area contributed by atoms with Crippen LogP contribution in [0.4, 0.5) is 0 Å². The third-order valence-electron chi connectivity index (χ3n) is 5.47. The van der Waals surface area contributed by atoms with Crippen molar-refractivity contribution in [3.63, 3.8) is 0 Å². The van der Waals surface area contributed by atoms with Crippen LogP contribution in [0, 0.1) is 0 Å². The number of Topliss-reactive ketones (excluding diaryl/α,β-unsaturated/α-hetero) is 1. The highest BCUT2D eigenvalue weighted by molar-refractivity contribution is 7.99. The summed E-state index contributed by atoms with van der Waals surface area (Å²) >= 11 is 9.01. The van der Waals surface area contributed by atoms with Gasteiger partial charge in [-0.15, -0.1) is 11.8 Å². The van der Waals surface area contributed by atoms with Crippen molar-refractivity contribution in [2.24, 2.45) is 5.16 Å². The second-order valence-corrected chi connectivity index (χ2v) is 11.1. The number of carbonyl (C=O) groups is 3. The molecular formula is C32H28ClNO4S2. The van der Waals surface area contributed by atoms with Crippen LogP contribution < -0.4 is 0 Å². The van der Waals surface area contributed by atoms with E-state index in [4.69, 9.17) is 16.4 Å². The summed E-state index contributed by atoms with van der Waals surface area (Å²) in [5.41, 5.74) is 1.90. The second kappa shape index (κ2) is 15.2. The van der Waals surface area contributed by atoms with Crippen LogP contribution in [-0.4, -0.2) is 29.0 Å². The molecule has 8 heteroatoms. The third-order valence-corrected chi connectivity index (χ3v) is 7.75. The molecule has 204 valence electrons. The summed E-state index contributed by atoms with van der Waals surface area (Å²) in [5, 5.41) is 4.49. The fourth-order valence-electron chi connectivity index (χ4n) is 3.52. The summed E-state index contributed by atoms with van der Waals surface area (Å²) in [6.07, 6.45) is 0.323. The van der Waals surface area contributed by atoms with Crippen LogP contribution >= 0.6 is 35.1 Å². The summed E-state index contributed by atoms with van der Waals surface area (Å²) in [6.45, 7) is 1.24. The number of thioether (sulfide) groups is 1. The minimum atomic E-state index is -0.589. The topological polar surface area (TPSA) is 72.8 Å². The van der Waals surface area contributed by atoms with Gasteiger partial charge < -0.3 is 4.84 Å². The lowest BCUT2D eigenvalue weighted by Crippen LogP contribution is -2.16. The third kappa shape index (κ3) is 8.95. The SMILES string of the molecule is C.CC(=O)O/N=C(\CCSc1ccc(Cl)cc1)C(=O)c1ccc(Sc2ccc(C(=O)c3ccccc3)cc2)cc1. The lowest BCUT2D eigenvalue weighted by Gasteiger charge is -2.08. The molecule has 0 fully saturated rings. The molecular weight excluding hydrogens is 562 g/mol. The second-order valence-electron chi connectivity index (χ2n) is 8.35. The van der Waals surface area contributed by atoms with Crippen molar-refractivity contribution >= 4 is 58.4 Å². The Kier molecular flexibility index (Phi) is 11.8. The zero-order valence-corrected chi connectivity index (χ0v) is 23.4. The van der Waals surface area contributed by atoms with Crippen molar-refractivity contribution in [2.45, 2.75) is 35.5 Å². The van der Waals surface area contributed by atoms with Gasteiger partial charge in [-0.2, -0.15) is 0 Å². The largest absolute Gasteiger partial charge is 0.331 e. The van der Waals surface area contributed by atoms with E-state index in [1.807, 2.05) is 66.7 Å². The van der Waals surface area contributed by atoms with Crippen molar-refractivity contribution in [1.82, 2.24) is 0 Å². The number of nitrogens with zero attached hydrogens (tertiary/aromatic N) is 1. The average Bonchev–Trinajstić information content (AvgIpc) is 2.96. The molecule has 4 aromatic carbocycles. The summed E-state index contributed by atoms with van der Waals surface area (Å²) in [7, 11) is 0. The van der Waals surface area contributed by atoms with Crippen LogP contribution in [0.3, 0.4) is 0 Å². The van der Waals surface area contributed by atoms with Crippen LogP contribution in [0.5, 0.6) is 0 Å². The highest BCUT2D eigenvalue weighted by Crippen LogP contribution is 2.29. The number of ketones is 2. The van der Waals surface area contributed by atoms with Gasteiger partial charge >= 0.3 is 5.97 Å². The first kappa shape index (κ1) is 30.9. The molecule has 0 amide bonds. The first-order valence-corrected chi connectivity index (χ1v) is 14.2. The van der Waals surface area contributed by atoms with Gasteiger partial charge in [0.2, 0.25) is 5.78 Å². The van der Waals surface area contributed by atoms with Gasteiger partial charge in [-0.1, -0.05) is 66.3 Å². The van der Waals surface area contributed by atoms with Gasteiger partial charge in [0.05, 0.1) is 0 Å². The maximum atomic E-state index is 13.1. The number of rotatable bonds is 11. The molecule has 0 atom stereocenters. The van der Waals surface area contributed by atoms with E-state index in [2.05, 4.69) is 5.16 Å². The number of carbonyl (C=O) groups excluding carboxylic acids is 3. The van der Waals surface area contributed by atoms with Crippen molar-refractivity contribution < 1.29 is 19.2 Å². The van der Waals surface area contributed by atoms with Crippen LogP contribution in [0.25, 0.3) is 0 Å². The van der Waals surface area contributed by atoms with Gasteiger partial charge in [0.25, 0.3) is 0 Å². The number of hydrogen-bond acceptors (Lipinski definition) is 7. The Balaban J connectivity index is 0.00000441. The lowest BCUT2D eigenvalue weighted by atomic mass is 10.0. The normalized spacial score (nSPS) is 10.9. The standard InChI is InChI=1S/C31H24ClNO4S2.CH4/c1-21(34)37-33-29(19-20-38-26-17-11-25(32)12-18-26)31(36)24-9-15-28(16-10-24)39-27-13-7-23(8-14-27)30(35)22-5-3-2-4-6-22;/h2-18H,19-20H2,1H3;1H4/b33-29+;. The molecule has 5 nitrogen and oxygen atoms in total. The molecule has 0 radical (unpaired) electrons. The zero-order chi connectivity index (χ0) is 27.6. The maximum absolute atomic E-state index is 13.1. The van der Waals surface area contributed by atoms with Crippen LogP contribution in [0.1, 0.15) is 47.1 Å². The molecule has 40 heavy (non-hydrogen) atoms. The fraction of sp³-hybridized carbons (Fsp3) is 0.125. The van der Waals surface area contributed by atoms with Gasteiger partial charge in [-0.25, -0.2) is 4.79 Å². The van der Waals surface area contributed by atoms with Gasteiger partial charge in [0, 0.05) is 55.5 Å². The predicted octanol–water partition coefficient (Wildman–Crippen LogP) is 8.64. The van der Waals surface area contributed by atoms with Gasteiger partial charge in [-0.05, 0) is 72.8 Å². The van der Waals surface area contributed by atoms with E-state index < -0.39 is 5.97 Å². The monoisotopic (exact) mass is 589 g/mol. The van der Waals surface area contributed by atoms with E-state index in [0.717, 1.165) is 14.7 Å². The molecule has 0 saturated heterocycles. The lowest BCUT2D eigenvalue weighted by molar-refractivity contribution is -0.140. The molecule has 4 aromatic rings. The Hall–Kier alpha value is -3.65. The fourth-order valence-corrected chi connectivity index (χ4v) is 5.33. The molecule has 0 saturated carbocycles. The van der Waals surface area contributed by atoms with E-state index in [-0.39, 0.29) is 24.7 Å². The quantitative estimate of drug-likeness (QED) is 0.0573. The number of benzene rings is 4. The highest BCUT2D eigenvalue weighted by atomic mass is 35.5. The molecule has 0 aromatic heterocycles. The Morgan fingerprint density at radius 3 is 1.82 bits per heavy atom. The molecule has 0 unspecified atom stereocenters. The molecule has 0 spiro atoms. The number of oxime groups is 1. The summed E-state index contributed by atoms with van der Waals surface area (Å²) in [6, 6.07) is 31.2. The minimum Gasteiger partial charge on any atom is -0.318 e. The maximum Gasteiger partial charge on any atom is 0.331 e. The van der Waals surface area contributed by atoms with E-state index >= 15 is 0 Å². The Labute approximate surface area is 248 Å². The van der Waals surface area contributed by atoms with E-state index in [1.165, 1.54) is 18.7 Å². The molecule has 0 aliphatic heterocycles. The van der Waals surface area contributed by atoms with E-state index in [1.54, 1.807) is 48.2 Å². The number of halogens is 1. The predicted molar refractivity (Wildman–Crippen MR) is 164 cm³/mol. The summed E-state index contributed by atoms with van der Waals surface area (Å²) < 4.78 is 0. The Bertz CT molecular complexity index is 1470. The molecule has 0 bridgehead atoms. The Morgan fingerprint density at radius 1 is 0.725 bits per heavy atom. The average molecular weight is 590 g/mol. The molecule has 0 aliphatic rings. The van der Waals surface area contributed by atoms with Crippen molar-refractivity contribution in [3.05, 3.63) is 125 Å². The van der Waals surface area contributed by atoms with Crippen LogP contribution in [0.15, 0.2) is 123 Å². The van der Waals surface area contributed by atoms with E-state index in [0.29, 0.717) is 33.9 Å². The van der Waals surface area contributed by atoms with Gasteiger partial charge in [0.1, 0.15) is 5.71 Å². The Morgan fingerprint density at radius 2 is 1.25 bits per heavy atom. The van der Waals surface area contributed by atoms with Crippen LogP contribution in [-0.2, 0) is 9.63 Å². The minimum absolute atomic E-state index is 0. The highest BCUT2D eigenvalue weighted by Gasteiger charge is 2.16. The van der Waals surface area contributed by atoms with E-state index in [9.17, 15) is 14.4 Å². The molecule has 4 rings (SSSR count). The van der Waals surface area contributed by atoms with Crippen LogP contribution in [0.2, 0.25) is 5.02 Å².